The van der Waals surface area contributed by atoms with Gasteiger partial charge in [-0.15, -0.1) is 0 Å². The minimum absolute atomic E-state index is 0.0834. The summed E-state index contributed by atoms with van der Waals surface area (Å²) >= 11 is 0. The van der Waals surface area contributed by atoms with Crippen LogP contribution in [0.2, 0.25) is 0 Å². The molecule has 0 radical (unpaired) electrons. The first-order chi connectivity index (χ1) is 8.49. The molecular weight excluding hydrogens is 228 g/mol. The number of anilines is 1. The van der Waals surface area contributed by atoms with Crippen molar-refractivity contribution in [2.75, 3.05) is 18.4 Å². The Morgan fingerprint density at radius 1 is 1.33 bits per heavy atom. The highest BCUT2D eigenvalue weighted by molar-refractivity contribution is 5.83. The van der Waals surface area contributed by atoms with Crippen molar-refractivity contribution < 1.29 is 4.79 Å². The summed E-state index contributed by atoms with van der Waals surface area (Å²) < 4.78 is 0. The smallest absolute Gasteiger partial charge is 0.244 e. The van der Waals surface area contributed by atoms with E-state index in [0.717, 1.165) is 24.5 Å². The minimum Gasteiger partial charge on any atom is -0.357 e. The SMILES string of the molecule is CCN(CC)C(=O)C(C)Nc1cnc(C)c(C)n1. The zero-order chi connectivity index (χ0) is 13.7. The van der Waals surface area contributed by atoms with Crippen LogP contribution in [0.3, 0.4) is 0 Å². The summed E-state index contributed by atoms with van der Waals surface area (Å²) in [5.41, 5.74) is 1.78. The highest BCUT2D eigenvalue weighted by atomic mass is 16.2. The van der Waals surface area contributed by atoms with Gasteiger partial charge in [0.25, 0.3) is 0 Å². The second-order valence-electron chi connectivity index (χ2n) is 4.30. The molecule has 0 aromatic carbocycles. The Morgan fingerprint density at radius 3 is 2.44 bits per heavy atom. The molecule has 0 aliphatic rings. The molecule has 1 atom stereocenters. The van der Waals surface area contributed by atoms with Gasteiger partial charge in [-0.25, -0.2) is 4.98 Å². The molecule has 0 fully saturated rings. The number of likely N-dealkylation sites (N-methyl/N-ethyl adjacent to an activating group) is 1. The quantitative estimate of drug-likeness (QED) is 0.865. The molecular formula is C13H22N4O. The third-order valence-corrected chi connectivity index (χ3v) is 3.00. The van der Waals surface area contributed by atoms with Crippen molar-refractivity contribution in [2.24, 2.45) is 0 Å². The summed E-state index contributed by atoms with van der Waals surface area (Å²) in [6.07, 6.45) is 1.66. The molecule has 100 valence electrons. The van der Waals surface area contributed by atoms with Crippen molar-refractivity contribution >= 4 is 11.7 Å². The van der Waals surface area contributed by atoms with Gasteiger partial charge in [0.15, 0.2) is 0 Å². The van der Waals surface area contributed by atoms with E-state index in [0.29, 0.717) is 5.82 Å². The lowest BCUT2D eigenvalue weighted by atomic mass is 10.2. The average Bonchev–Trinajstić information content (AvgIpc) is 2.35. The Balaban J connectivity index is 2.71. The Kier molecular flexibility index (Phi) is 5.07. The normalized spacial score (nSPS) is 12.1. The van der Waals surface area contributed by atoms with Crippen LogP contribution < -0.4 is 5.32 Å². The van der Waals surface area contributed by atoms with E-state index < -0.39 is 0 Å². The van der Waals surface area contributed by atoms with Gasteiger partial charge < -0.3 is 10.2 Å². The second-order valence-corrected chi connectivity index (χ2v) is 4.30. The number of nitrogens with one attached hydrogen (secondary N) is 1. The van der Waals surface area contributed by atoms with Crippen molar-refractivity contribution in [2.45, 2.75) is 40.7 Å². The molecule has 5 nitrogen and oxygen atoms in total. The first-order valence-corrected chi connectivity index (χ1v) is 6.35. The highest BCUT2D eigenvalue weighted by Crippen LogP contribution is 2.08. The van der Waals surface area contributed by atoms with Gasteiger partial charge in [0.2, 0.25) is 5.91 Å². The van der Waals surface area contributed by atoms with Crippen LogP contribution in [0.15, 0.2) is 6.20 Å². The predicted octanol–water partition coefficient (Wildman–Crippen LogP) is 1.76. The number of nitrogens with zero attached hydrogens (tertiary/aromatic N) is 3. The van der Waals surface area contributed by atoms with Crippen LogP contribution in [0.5, 0.6) is 0 Å². The summed E-state index contributed by atoms with van der Waals surface area (Å²) in [4.78, 5) is 22.5. The lowest BCUT2D eigenvalue weighted by molar-refractivity contribution is -0.131. The second kappa shape index (κ2) is 6.33. The van der Waals surface area contributed by atoms with Gasteiger partial charge in [0.05, 0.1) is 17.6 Å². The zero-order valence-electron chi connectivity index (χ0n) is 11.8. The summed E-state index contributed by atoms with van der Waals surface area (Å²) in [5.74, 6) is 0.728. The van der Waals surface area contributed by atoms with Gasteiger partial charge in [-0.3, -0.25) is 9.78 Å². The third-order valence-electron chi connectivity index (χ3n) is 3.00. The first kappa shape index (κ1) is 14.4. The van der Waals surface area contributed by atoms with E-state index in [1.54, 1.807) is 11.1 Å². The van der Waals surface area contributed by atoms with E-state index in [9.17, 15) is 4.79 Å². The van der Waals surface area contributed by atoms with Gasteiger partial charge in [-0.2, -0.15) is 0 Å². The van der Waals surface area contributed by atoms with Crippen molar-refractivity contribution in [1.29, 1.82) is 0 Å². The van der Waals surface area contributed by atoms with E-state index in [1.807, 2.05) is 34.6 Å². The van der Waals surface area contributed by atoms with Crippen LogP contribution in [0.25, 0.3) is 0 Å². The maximum atomic E-state index is 12.1. The molecule has 1 aromatic heterocycles. The first-order valence-electron chi connectivity index (χ1n) is 6.35. The number of rotatable bonds is 5. The Morgan fingerprint density at radius 2 is 1.94 bits per heavy atom. The lowest BCUT2D eigenvalue weighted by Gasteiger charge is -2.23. The molecule has 0 saturated carbocycles. The molecule has 0 bridgehead atoms. The van der Waals surface area contributed by atoms with Crippen LogP contribution in [-0.2, 0) is 4.79 Å². The largest absolute Gasteiger partial charge is 0.357 e. The number of carbonyl (C=O) groups is 1. The van der Waals surface area contributed by atoms with Gasteiger partial charge in [0.1, 0.15) is 11.9 Å². The third kappa shape index (κ3) is 3.42. The molecule has 18 heavy (non-hydrogen) atoms. The van der Waals surface area contributed by atoms with Gasteiger partial charge in [-0.1, -0.05) is 0 Å². The molecule has 1 aromatic rings. The molecule has 0 aliphatic heterocycles. The van der Waals surface area contributed by atoms with Crippen LogP contribution in [-0.4, -0.2) is 39.9 Å². The zero-order valence-corrected chi connectivity index (χ0v) is 11.8. The van der Waals surface area contributed by atoms with Crippen LogP contribution in [0, 0.1) is 13.8 Å². The number of amides is 1. The van der Waals surface area contributed by atoms with Gasteiger partial charge in [0, 0.05) is 13.1 Å². The Hall–Kier alpha value is -1.65. The Bertz CT molecular complexity index is 415. The summed E-state index contributed by atoms with van der Waals surface area (Å²) in [6, 6.07) is -0.290. The number of carbonyl (C=O) groups excluding carboxylic acids is 1. The van der Waals surface area contributed by atoms with Crippen LogP contribution >= 0.6 is 0 Å². The monoisotopic (exact) mass is 250 g/mol. The molecule has 1 heterocycles. The van der Waals surface area contributed by atoms with E-state index in [-0.39, 0.29) is 11.9 Å². The molecule has 0 saturated heterocycles. The van der Waals surface area contributed by atoms with Crippen molar-refractivity contribution in [1.82, 2.24) is 14.9 Å². The number of aromatic nitrogens is 2. The average molecular weight is 250 g/mol. The maximum Gasteiger partial charge on any atom is 0.244 e. The Labute approximate surface area is 109 Å². The predicted molar refractivity (Wildman–Crippen MR) is 72.5 cm³/mol. The fraction of sp³-hybridized carbons (Fsp3) is 0.615. The van der Waals surface area contributed by atoms with E-state index in [1.165, 1.54) is 0 Å². The molecule has 0 spiro atoms. The summed E-state index contributed by atoms with van der Waals surface area (Å²) in [7, 11) is 0. The van der Waals surface area contributed by atoms with Crippen molar-refractivity contribution in [3.63, 3.8) is 0 Å². The number of aryl methyl sites for hydroxylation is 2. The lowest BCUT2D eigenvalue weighted by Crippen LogP contribution is -2.41. The van der Waals surface area contributed by atoms with Gasteiger partial charge >= 0.3 is 0 Å². The van der Waals surface area contributed by atoms with E-state index >= 15 is 0 Å². The highest BCUT2D eigenvalue weighted by Gasteiger charge is 2.18. The molecule has 1 amide bonds. The fourth-order valence-electron chi connectivity index (χ4n) is 1.70. The molecule has 1 rings (SSSR count). The topological polar surface area (TPSA) is 58.1 Å². The molecule has 1 unspecified atom stereocenters. The summed E-state index contributed by atoms with van der Waals surface area (Å²) in [5, 5.41) is 3.09. The van der Waals surface area contributed by atoms with Crippen LogP contribution in [0.4, 0.5) is 5.82 Å². The number of hydrogen-bond donors (Lipinski definition) is 1. The van der Waals surface area contributed by atoms with Crippen LogP contribution in [0.1, 0.15) is 32.2 Å². The summed E-state index contributed by atoms with van der Waals surface area (Å²) in [6.45, 7) is 11.1. The van der Waals surface area contributed by atoms with Crippen molar-refractivity contribution in [3.05, 3.63) is 17.6 Å². The molecule has 0 aliphatic carbocycles. The van der Waals surface area contributed by atoms with E-state index in [2.05, 4.69) is 15.3 Å². The molecule has 5 heteroatoms. The maximum absolute atomic E-state index is 12.1. The number of hydrogen-bond acceptors (Lipinski definition) is 4. The molecule has 1 N–H and O–H groups in total. The van der Waals surface area contributed by atoms with E-state index in [4.69, 9.17) is 0 Å². The van der Waals surface area contributed by atoms with Crippen molar-refractivity contribution in [3.8, 4) is 0 Å². The standard InChI is InChI=1S/C13H22N4O/c1-6-17(7-2)13(18)11(5)16-12-8-14-9(3)10(4)15-12/h8,11H,6-7H2,1-5H3,(H,15,16). The fourth-order valence-corrected chi connectivity index (χ4v) is 1.70. The minimum atomic E-state index is -0.290. The van der Waals surface area contributed by atoms with Gasteiger partial charge in [-0.05, 0) is 34.6 Å².